The molecule has 1 aromatic carbocycles. The van der Waals surface area contributed by atoms with Gasteiger partial charge in [-0.3, -0.25) is 14.9 Å². The van der Waals surface area contributed by atoms with E-state index < -0.39 is 17.5 Å². The number of aromatic nitrogens is 3. The molecule has 0 radical (unpaired) electrons. The number of carbonyl (C=O) groups excluding carboxylic acids is 1. The molecule has 1 fully saturated rings. The molecule has 0 saturated heterocycles. The molecule has 3 aromatic rings. The normalized spacial score (nSPS) is 17.0. The third-order valence-corrected chi connectivity index (χ3v) is 7.24. The van der Waals surface area contributed by atoms with Crippen LogP contribution in [-0.4, -0.2) is 58.8 Å². The average Bonchev–Trinajstić information content (AvgIpc) is 3.47. The number of hydrogen-bond donors (Lipinski definition) is 2. The maximum Gasteiger partial charge on any atom is 0.395 e. The van der Waals surface area contributed by atoms with Gasteiger partial charge in [-0.15, -0.1) is 0 Å². The van der Waals surface area contributed by atoms with Crippen molar-refractivity contribution in [2.75, 3.05) is 20.6 Å². The summed E-state index contributed by atoms with van der Waals surface area (Å²) in [7, 11) is 3.87. The highest BCUT2D eigenvalue weighted by molar-refractivity contribution is 5.82. The van der Waals surface area contributed by atoms with Gasteiger partial charge < -0.3 is 10.2 Å². The fourth-order valence-corrected chi connectivity index (χ4v) is 4.80. The van der Waals surface area contributed by atoms with Crippen LogP contribution >= 0.6 is 0 Å². The Morgan fingerprint density at radius 3 is 2.53 bits per heavy atom. The SMILES string of the molecule is Cc1c(C[C@@H](CNC(=O)C[C@H](c2ccncc2)C2(C(F)(F)F)CC2)N(C)C)ccc2[nH]ncc12. The van der Waals surface area contributed by atoms with E-state index >= 15 is 0 Å². The van der Waals surface area contributed by atoms with Crippen LogP contribution in [0.1, 0.15) is 41.9 Å². The Labute approximate surface area is 196 Å². The monoisotopic (exact) mass is 473 g/mol. The van der Waals surface area contributed by atoms with Crippen LogP contribution < -0.4 is 5.32 Å². The maximum atomic E-state index is 13.9. The smallest absolute Gasteiger partial charge is 0.355 e. The summed E-state index contributed by atoms with van der Waals surface area (Å²) in [5.41, 5.74) is 1.92. The standard InChI is InChI=1S/C25H30F3N5O/c1-16-18(4-5-22-20(16)15-31-32-22)12-19(33(2)3)14-30-23(34)13-21(17-6-10-29-11-7-17)24(8-9-24)25(26,27)28/h4-7,10-11,15,19,21H,8-9,12-14H2,1-3H3,(H,30,34)(H,31,32)/t19-,21+/m0/s1. The highest BCUT2D eigenvalue weighted by Crippen LogP contribution is 2.66. The minimum atomic E-state index is -4.35. The molecule has 1 aliphatic carbocycles. The van der Waals surface area contributed by atoms with Gasteiger partial charge in [0, 0.05) is 42.7 Å². The Morgan fingerprint density at radius 1 is 1.21 bits per heavy atom. The summed E-state index contributed by atoms with van der Waals surface area (Å²) in [5.74, 6) is -1.29. The Morgan fingerprint density at radius 2 is 1.91 bits per heavy atom. The molecule has 0 spiro atoms. The van der Waals surface area contributed by atoms with E-state index in [0.717, 1.165) is 22.0 Å². The number of fused-ring (bicyclic) bond motifs is 1. The van der Waals surface area contributed by atoms with E-state index in [1.54, 1.807) is 18.3 Å². The molecule has 4 rings (SSSR count). The first-order valence-corrected chi connectivity index (χ1v) is 11.4. The van der Waals surface area contributed by atoms with Crippen LogP contribution in [0, 0.1) is 12.3 Å². The Hall–Kier alpha value is -2.94. The molecular formula is C25H30F3N5O. The van der Waals surface area contributed by atoms with E-state index in [1.807, 2.05) is 38.1 Å². The Kier molecular flexibility index (Phi) is 6.66. The van der Waals surface area contributed by atoms with E-state index in [0.29, 0.717) is 18.5 Å². The van der Waals surface area contributed by atoms with Gasteiger partial charge in [-0.1, -0.05) is 6.07 Å². The minimum absolute atomic E-state index is 0.0103. The van der Waals surface area contributed by atoms with Crippen molar-refractivity contribution >= 4 is 16.8 Å². The second kappa shape index (κ2) is 9.37. The van der Waals surface area contributed by atoms with E-state index in [4.69, 9.17) is 0 Å². The number of hydrogen-bond acceptors (Lipinski definition) is 4. The van der Waals surface area contributed by atoms with Gasteiger partial charge in [0.05, 0.1) is 17.1 Å². The first-order chi connectivity index (χ1) is 16.1. The third-order valence-electron chi connectivity index (χ3n) is 7.24. The summed E-state index contributed by atoms with van der Waals surface area (Å²) in [4.78, 5) is 18.8. The number of halogens is 3. The number of likely N-dealkylation sites (N-methyl/N-ethyl adjacent to an activating group) is 1. The molecule has 2 N–H and O–H groups in total. The van der Waals surface area contributed by atoms with Gasteiger partial charge in [0.15, 0.2) is 0 Å². The lowest BCUT2D eigenvalue weighted by Crippen LogP contribution is -2.43. The fourth-order valence-electron chi connectivity index (χ4n) is 4.80. The van der Waals surface area contributed by atoms with Crippen LogP contribution in [0.25, 0.3) is 10.9 Å². The summed E-state index contributed by atoms with van der Waals surface area (Å²) in [5, 5.41) is 11.0. The first kappa shape index (κ1) is 24.2. The van der Waals surface area contributed by atoms with Gasteiger partial charge >= 0.3 is 6.18 Å². The Bertz CT molecular complexity index is 1140. The molecule has 0 unspecified atom stereocenters. The molecule has 182 valence electrons. The number of nitrogens with one attached hydrogen (secondary N) is 2. The van der Waals surface area contributed by atoms with Crippen LogP contribution in [-0.2, 0) is 11.2 Å². The summed E-state index contributed by atoms with van der Waals surface area (Å²) in [6, 6.07) is 7.20. The molecule has 6 nitrogen and oxygen atoms in total. The molecule has 2 atom stereocenters. The van der Waals surface area contributed by atoms with Crippen molar-refractivity contribution in [1.82, 2.24) is 25.4 Å². The molecule has 2 aromatic heterocycles. The first-order valence-electron chi connectivity index (χ1n) is 11.4. The molecular weight excluding hydrogens is 443 g/mol. The van der Waals surface area contributed by atoms with Crippen molar-refractivity contribution in [2.45, 2.75) is 50.7 Å². The molecule has 0 aliphatic heterocycles. The lowest BCUT2D eigenvalue weighted by Gasteiger charge is -2.30. The summed E-state index contributed by atoms with van der Waals surface area (Å²) < 4.78 is 41.7. The van der Waals surface area contributed by atoms with Crippen molar-refractivity contribution in [2.24, 2.45) is 5.41 Å². The molecule has 2 heterocycles. The van der Waals surface area contributed by atoms with Gasteiger partial charge in [0.1, 0.15) is 0 Å². The number of rotatable bonds is 9. The van der Waals surface area contributed by atoms with E-state index in [2.05, 4.69) is 20.5 Å². The molecule has 9 heteroatoms. The van der Waals surface area contributed by atoms with Crippen molar-refractivity contribution in [1.29, 1.82) is 0 Å². The summed E-state index contributed by atoms with van der Waals surface area (Å²) >= 11 is 0. The number of aryl methyl sites for hydroxylation is 1. The summed E-state index contributed by atoms with van der Waals surface area (Å²) in [6.07, 6.45) is 0.997. The average molecular weight is 474 g/mol. The van der Waals surface area contributed by atoms with Crippen LogP contribution in [0.4, 0.5) is 13.2 Å². The fraction of sp³-hybridized carbons (Fsp3) is 0.480. The van der Waals surface area contributed by atoms with E-state index in [-0.39, 0.29) is 31.2 Å². The van der Waals surface area contributed by atoms with Crippen molar-refractivity contribution < 1.29 is 18.0 Å². The van der Waals surface area contributed by atoms with E-state index in [9.17, 15) is 18.0 Å². The van der Waals surface area contributed by atoms with Crippen LogP contribution in [0.3, 0.4) is 0 Å². The number of benzene rings is 1. The van der Waals surface area contributed by atoms with Crippen molar-refractivity contribution in [3.63, 3.8) is 0 Å². The molecule has 34 heavy (non-hydrogen) atoms. The van der Waals surface area contributed by atoms with Gasteiger partial charge in [0.2, 0.25) is 5.91 Å². The molecule has 1 aliphatic rings. The molecule has 1 amide bonds. The van der Waals surface area contributed by atoms with Crippen LogP contribution in [0.2, 0.25) is 0 Å². The zero-order valence-corrected chi connectivity index (χ0v) is 19.6. The second-order valence-electron chi connectivity index (χ2n) is 9.50. The third kappa shape index (κ3) is 4.80. The number of alkyl halides is 3. The maximum absolute atomic E-state index is 13.9. The molecule has 0 bridgehead atoms. The number of H-pyrrole nitrogens is 1. The van der Waals surface area contributed by atoms with Crippen LogP contribution in [0.15, 0.2) is 42.9 Å². The number of carbonyl (C=O) groups is 1. The summed E-state index contributed by atoms with van der Waals surface area (Å²) in [6.45, 7) is 2.39. The van der Waals surface area contributed by atoms with Gasteiger partial charge in [-0.25, -0.2) is 0 Å². The minimum Gasteiger partial charge on any atom is -0.355 e. The number of nitrogens with zero attached hydrogens (tertiary/aromatic N) is 3. The number of pyridine rings is 1. The second-order valence-corrected chi connectivity index (χ2v) is 9.50. The van der Waals surface area contributed by atoms with Crippen molar-refractivity contribution in [3.05, 3.63) is 59.5 Å². The highest BCUT2D eigenvalue weighted by atomic mass is 19.4. The molecule has 1 saturated carbocycles. The topological polar surface area (TPSA) is 73.9 Å². The zero-order chi connectivity index (χ0) is 24.5. The van der Waals surface area contributed by atoms with Gasteiger partial charge in [-0.2, -0.15) is 18.3 Å². The highest BCUT2D eigenvalue weighted by Gasteiger charge is 2.67. The lowest BCUT2D eigenvalue weighted by molar-refractivity contribution is -0.194. The largest absolute Gasteiger partial charge is 0.395 e. The van der Waals surface area contributed by atoms with E-state index in [1.165, 1.54) is 12.4 Å². The zero-order valence-electron chi connectivity index (χ0n) is 19.6. The number of amides is 1. The lowest BCUT2D eigenvalue weighted by atomic mass is 9.80. The Balaban J connectivity index is 1.45. The van der Waals surface area contributed by atoms with Crippen molar-refractivity contribution in [3.8, 4) is 0 Å². The van der Waals surface area contributed by atoms with Gasteiger partial charge in [-0.05, 0) is 75.2 Å². The van der Waals surface area contributed by atoms with Crippen LogP contribution in [0.5, 0.6) is 0 Å². The predicted octanol–water partition coefficient (Wildman–Crippen LogP) is 4.37. The quantitative estimate of drug-likeness (QED) is 0.484. The van der Waals surface area contributed by atoms with Gasteiger partial charge in [0.25, 0.3) is 0 Å². The number of aromatic amines is 1. The predicted molar refractivity (Wildman–Crippen MR) is 124 cm³/mol.